The molecule has 1 unspecified atom stereocenters. The van der Waals surface area contributed by atoms with Crippen molar-refractivity contribution >= 4 is 57.5 Å². The van der Waals surface area contributed by atoms with E-state index in [2.05, 4.69) is 46.2 Å². The van der Waals surface area contributed by atoms with Crippen LogP contribution >= 0.6 is 23.2 Å². The van der Waals surface area contributed by atoms with Crippen molar-refractivity contribution in [1.82, 2.24) is 24.3 Å². The fraction of sp³-hybridized carbons (Fsp3) is 0.412. The molecule has 1 amide bonds. The fourth-order valence-electron chi connectivity index (χ4n) is 6.62. The molecule has 1 atom stereocenters. The molecule has 0 saturated carbocycles. The maximum Gasteiger partial charge on any atom is 0.260 e. The number of fused-ring (bicyclic) bond motifs is 1. The number of amides is 1. The van der Waals surface area contributed by atoms with E-state index in [0.29, 0.717) is 52.3 Å². The normalized spacial score (nSPS) is 17.6. The zero-order valence-electron chi connectivity index (χ0n) is 26.2. The van der Waals surface area contributed by atoms with Gasteiger partial charge in [-0.25, -0.2) is 4.98 Å². The third-order valence-electron chi connectivity index (χ3n) is 9.12. The monoisotopic (exact) mass is 647 g/mol. The van der Waals surface area contributed by atoms with Gasteiger partial charge in [-0.15, -0.1) is 0 Å². The smallest absolute Gasteiger partial charge is 0.260 e. The van der Waals surface area contributed by atoms with Crippen molar-refractivity contribution in [3.05, 3.63) is 74.1 Å². The van der Waals surface area contributed by atoms with E-state index in [1.807, 2.05) is 24.8 Å². The van der Waals surface area contributed by atoms with Crippen molar-refractivity contribution in [3.63, 3.8) is 0 Å². The predicted molar refractivity (Wildman–Crippen MR) is 183 cm³/mol. The van der Waals surface area contributed by atoms with Crippen molar-refractivity contribution in [3.8, 4) is 11.1 Å². The average Bonchev–Trinajstić information content (AvgIpc) is 3.02. The van der Waals surface area contributed by atoms with E-state index < -0.39 is 0 Å². The summed E-state index contributed by atoms with van der Waals surface area (Å²) in [4.78, 5) is 43.4. The van der Waals surface area contributed by atoms with Gasteiger partial charge in [0.1, 0.15) is 5.65 Å². The summed E-state index contributed by atoms with van der Waals surface area (Å²) in [6.07, 6.45) is 3.74. The quantitative estimate of drug-likeness (QED) is 0.257. The van der Waals surface area contributed by atoms with Crippen molar-refractivity contribution in [2.75, 3.05) is 56.5 Å². The maximum atomic E-state index is 14.5. The molecular formula is C34H39Cl2N7O2. The number of nitrogens with one attached hydrogen (secondary N) is 1. The van der Waals surface area contributed by atoms with Crippen LogP contribution in [-0.4, -0.2) is 76.6 Å². The molecule has 9 nitrogen and oxygen atoms in total. The average molecular weight is 649 g/mol. The number of carbonyl (C=O) groups excluding carboxylic acids is 1. The molecule has 2 fully saturated rings. The van der Waals surface area contributed by atoms with E-state index in [1.165, 1.54) is 11.3 Å². The number of piperidine rings is 1. The first kappa shape index (κ1) is 31.3. The van der Waals surface area contributed by atoms with E-state index in [0.717, 1.165) is 55.7 Å². The lowest BCUT2D eigenvalue weighted by Gasteiger charge is -2.35. The van der Waals surface area contributed by atoms with Crippen molar-refractivity contribution in [1.29, 1.82) is 0 Å². The maximum absolute atomic E-state index is 14.5. The molecule has 11 heteroatoms. The minimum atomic E-state index is -0.248. The molecule has 2 aliphatic heterocycles. The van der Waals surface area contributed by atoms with Crippen molar-refractivity contribution in [2.45, 2.75) is 46.1 Å². The molecule has 0 bridgehead atoms. The van der Waals surface area contributed by atoms with Crippen LogP contribution in [0.25, 0.3) is 22.2 Å². The van der Waals surface area contributed by atoms with Gasteiger partial charge in [0.2, 0.25) is 11.9 Å². The number of aromatic nitrogens is 3. The molecule has 0 aliphatic carbocycles. The number of likely N-dealkylation sites (N-methyl/N-ethyl adjacent to an activating group) is 1. The largest absolute Gasteiger partial charge is 0.369 e. The minimum absolute atomic E-state index is 0.0810. The predicted octanol–water partition coefficient (Wildman–Crippen LogP) is 6.45. The first-order valence-electron chi connectivity index (χ1n) is 15.6. The number of aryl methyl sites for hydroxylation is 2. The Balaban J connectivity index is 1.43. The van der Waals surface area contributed by atoms with Gasteiger partial charge in [-0.2, -0.15) is 4.98 Å². The SMILES string of the molecule is CCC(=O)N1CCCC(n2c(=O)c(-c3ccc(Cl)cc3Cl)c(C)c3cnc(Nc4ccc(N5CCN(C)CC5)c(C)c4)nc32)C1. The number of hydrogen-bond donors (Lipinski definition) is 1. The van der Waals surface area contributed by atoms with Crippen LogP contribution in [-0.2, 0) is 4.79 Å². The Morgan fingerprint density at radius 1 is 1.04 bits per heavy atom. The van der Waals surface area contributed by atoms with Crippen LogP contribution in [0.4, 0.5) is 17.3 Å². The van der Waals surface area contributed by atoms with Crippen LogP contribution in [0.3, 0.4) is 0 Å². The number of anilines is 3. The Morgan fingerprint density at radius 2 is 1.82 bits per heavy atom. The number of hydrogen-bond acceptors (Lipinski definition) is 7. The second-order valence-electron chi connectivity index (χ2n) is 12.1. The topological polar surface area (TPSA) is 86.6 Å². The van der Waals surface area contributed by atoms with Gasteiger partial charge in [-0.1, -0.05) is 36.2 Å². The van der Waals surface area contributed by atoms with Gasteiger partial charge < -0.3 is 20.0 Å². The molecule has 0 radical (unpaired) electrons. The molecule has 0 spiro atoms. The van der Waals surface area contributed by atoms with Crippen molar-refractivity contribution < 1.29 is 4.79 Å². The number of piperazine rings is 1. The second-order valence-corrected chi connectivity index (χ2v) is 13.0. The molecule has 6 rings (SSSR count). The summed E-state index contributed by atoms with van der Waals surface area (Å²) in [5, 5.41) is 5.02. The molecule has 2 saturated heterocycles. The third kappa shape index (κ3) is 6.26. The Bertz CT molecular complexity index is 1820. The number of nitrogens with zero attached hydrogens (tertiary/aromatic N) is 6. The van der Waals surface area contributed by atoms with E-state index in [1.54, 1.807) is 29.0 Å². The zero-order valence-corrected chi connectivity index (χ0v) is 27.8. The summed E-state index contributed by atoms with van der Waals surface area (Å²) in [6, 6.07) is 11.2. The van der Waals surface area contributed by atoms with Gasteiger partial charge >= 0.3 is 0 Å². The Labute approximate surface area is 273 Å². The molecule has 2 aliphatic rings. The number of benzene rings is 2. The second kappa shape index (κ2) is 13.0. The zero-order chi connectivity index (χ0) is 31.8. The lowest BCUT2D eigenvalue weighted by molar-refractivity contribution is -0.132. The fourth-order valence-corrected chi connectivity index (χ4v) is 7.12. The lowest BCUT2D eigenvalue weighted by atomic mass is 9.98. The van der Waals surface area contributed by atoms with Gasteiger partial charge in [0.15, 0.2) is 0 Å². The minimum Gasteiger partial charge on any atom is -0.369 e. The Kier molecular flexibility index (Phi) is 9.04. The van der Waals surface area contributed by atoms with Gasteiger partial charge in [0.25, 0.3) is 5.56 Å². The van der Waals surface area contributed by atoms with E-state index >= 15 is 0 Å². The standard InChI is InChI=1S/C34H39Cl2N7O2/c1-5-30(44)42-12-6-7-25(20-42)43-32-27(22(3)31(33(43)45)26-10-8-23(35)18-28(26)36)19-37-34(39-32)38-24-9-11-29(21(2)17-24)41-15-13-40(4)14-16-41/h8-11,17-19,25H,5-7,12-16,20H2,1-4H3,(H,37,38,39). The van der Waals surface area contributed by atoms with Crippen LogP contribution in [0, 0.1) is 13.8 Å². The summed E-state index contributed by atoms with van der Waals surface area (Å²) in [5.74, 6) is 0.480. The third-order valence-corrected chi connectivity index (χ3v) is 9.67. The molecule has 45 heavy (non-hydrogen) atoms. The van der Waals surface area contributed by atoms with Gasteiger partial charge in [-0.3, -0.25) is 14.2 Å². The number of carbonyl (C=O) groups is 1. The number of likely N-dealkylation sites (tertiary alicyclic amines) is 1. The first-order valence-corrected chi connectivity index (χ1v) is 16.4. The highest BCUT2D eigenvalue weighted by Gasteiger charge is 2.29. The summed E-state index contributed by atoms with van der Waals surface area (Å²) in [5.41, 5.74) is 5.45. The number of pyridine rings is 1. The van der Waals surface area contributed by atoms with Crippen LogP contribution in [0.2, 0.25) is 10.0 Å². The Hall–Kier alpha value is -3.66. The van der Waals surface area contributed by atoms with Crippen LogP contribution in [0.5, 0.6) is 0 Å². The number of halogens is 2. The molecule has 4 heterocycles. The highest BCUT2D eigenvalue weighted by atomic mass is 35.5. The summed E-state index contributed by atoms with van der Waals surface area (Å²) in [6.45, 7) is 11.1. The number of rotatable bonds is 6. The summed E-state index contributed by atoms with van der Waals surface area (Å²) in [7, 11) is 2.16. The van der Waals surface area contributed by atoms with E-state index in [9.17, 15) is 9.59 Å². The van der Waals surface area contributed by atoms with Crippen LogP contribution < -0.4 is 15.8 Å². The van der Waals surface area contributed by atoms with Gasteiger partial charge in [-0.05, 0) is 75.2 Å². The van der Waals surface area contributed by atoms with Crippen molar-refractivity contribution in [2.24, 2.45) is 0 Å². The molecule has 1 N–H and O–H groups in total. The van der Waals surface area contributed by atoms with Gasteiger partial charge in [0, 0.05) is 79.2 Å². The van der Waals surface area contributed by atoms with E-state index in [4.69, 9.17) is 28.2 Å². The highest BCUT2D eigenvalue weighted by molar-refractivity contribution is 6.36. The molecule has 4 aromatic rings. The molecule has 2 aromatic heterocycles. The molecular weight excluding hydrogens is 609 g/mol. The first-order chi connectivity index (χ1) is 21.6. The van der Waals surface area contributed by atoms with Crippen LogP contribution in [0.15, 0.2) is 47.4 Å². The van der Waals surface area contributed by atoms with E-state index in [-0.39, 0.29) is 17.5 Å². The summed E-state index contributed by atoms with van der Waals surface area (Å²) < 4.78 is 1.76. The molecule has 236 valence electrons. The highest BCUT2D eigenvalue weighted by Crippen LogP contribution is 2.35. The molecule has 2 aromatic carbocycles. The Morgan fingerprint density at radius 3 is 2.53 bits per heavy atom. The van der Waals surface area contributed by atoms with Gasteiger partial charge in [0.05, 0.1) is 16.6 Å². The lowest BCUT2D eigenvalue weighted by Crippen LogP contribution is -2.44. The van der Waals surface area contributed by atoms with Crippen LogP contribution in [0.1, 0.15) is 43.4 Å². The summed E-state index contributed by atoms with van der Waals surface area (Å²) >= 11 is 12.8.